The molecule has 0 aliphatic heterocycles. The van der Waals surface area contributed by atoms with Crippen LogP contribution in [-0.4, -0.2) is 52.2 Å². The third-order valence-electron chi connectivity index (χ3n) is 3.99. The van der Waals surface area contributed by atoms with Crippen molar-refractivity contribution in [1.29, 1.82) is 0 Å². The van der Waals surface area contributed by atoms with Crippen LogP contribution in [0.25, 0.3) is 10.4 Å². The summed E-state index contributed by atoms with van der Waals surface area (Å²) in [7, 11) is 3.29. The molecule has 1 aromatic heterocycles. The maximum Gasteiger partial charge on any atom is 0.341 e. The molecule has 9 heteroatoms. The smallest absolute Gasteiger partial charge is 0.341 e. The van der Waals surface area contributed by atoms with Gasteiger partial charge in [-0.25, -0.2) is 4.79 Å². The quantitative estimate of drug-likeness (QED) is 0.220. The van der Waals surface area contributed by atoms with Gasteiger partial charge in [0.1, 0.15) is 24.2 Å². The Kier molecular flexibility index (Phi) is 14.7. The summed E-state index contributed by atoms with van der Waals surface area (Å²) < 4.78 is 12.4. The highest BCUT2D eigenvalue weighted by atomic mass is 32.2. The molecule has 0 fully saturated rings. The van der Waals surface area contributed by atoms with E-state index in [0.29, 0.717) is 24.0 Å². The number of aldehydes is 2. The number of rotatable bonds is 9. The minimum Gasteiger partial charge on any atom is -0.462 e. The van der Waals surface area contributed by atoms with Crippen LogP contribution in [0.3, 0.4) is 0 Å². The van der Waals surface area contributed by atoms with Gasteiger partial charge < -0.3 is 24.3 Å². The van der Waals surface area contributed by atoms with E-state index >= 15 is 0 Å². The molecule has 0 saturated carbocycles. The summed E-state index contributed by atoms with van der Waals surface area (Å²) in [6.45, 7) is 2.40. The van der Waals surface area contributed by atoms with Crippen molar-refractivity contribution in [3.63, 3.8) is 0 Å². The average Bonchev–Trinajstić information content (AvgIpc) is 3.31. The molecule has 3 rings (SSSR count). The van der Waals surface area contributed by atoms with Crippen LogP contribution in [0, 0.1) is 0 Å². The topological polar surface area (TPSA) is 93.7 Å². The Labute approximate surface area is 209 Å². The first-order valence-electron chi connectivity index (χ1n) is 10.3. The van der Waals surface area contributed by atoms with Crippen LogP contribution in [0.4, 0.5) is 10.7 Å². The number of benzene rings is 2. The first kappa shape index (κ1) is 28.9. The highest BCUT2D eigenvalue weighted by Gasteiger charge is 2.16. The maximum absolute atomic E-state index is 11.8. The number of nitrogens with one attached hydrogen (secondary N) is 2. The number of anilines is 2. The molecule has 0 bridgehead atoms. The number of ether oxygens (including phenoxy) is 2. The van der Waals surface area contributed by atoms with Gasteiger partial charge in [-0.2, -0.15) is 0 Å². The summed E-state index contributed by atoms with van der Waals surface area (Å²) in [5.41, 5.74) is 3.36. The molecule has 0 aliphatic carbocycles. The molecule has 0 amide bonds. The molecule has 2 aromatic carbocycles. The Hall–Kier alpha value is -3.14. The molecule has 34 heavy (non-hydrogen) atoms. The zero-order chi connectivity index (χ0) is 25.2. The summed E-state index contributed by atoms with van der Waals surface area (Å²) in [4.78, 5) is 32.5. The van der Waals surface area contributed by atoms with Crippen LogP contribution in [0.1, 0.15) is 27.6 Å². The normalized spacial score (nSPS) is 9.41. The lowest BCUT2D eigenvalue weighted by atomic mass is 10.1. The molecule has 0 atom stereocenters. The molecular weight excluding hydrogens is 472 g/mol. The number of methoxy groups -OCH3 is 1. The second kappa shape index (κ2) is 17.4. The highest BCUT2D eigenvalue weighted by Crippen LogP contribution is 2.35. The zero-order valence-electron chi connectivity index (χ0n) is 19.7. The van der Waals surface area contributed by atoms with Crippen molar-refractivity contribution in [3.8, 4) is 10.4 Å². The number of esters is 1. The summed E-state index contributed by atoms with van der Waals surface area (Å²) >= 11 is 3.06. The summed E-state index contributed by atoms with van der Waals surface area (Å²) in [5.74, 6) is -0.278. The van der Waals surface area contributed by atoms with Crippen molar-refractivity contribution in [2.75, 3.05) is 43.7 Å². The van der Waals surface area contributed by atoms with Crippen molar-refractivity contribution < 1.29 is 23.9 Å². The Balaban J connectivity index is 0.000000307. The summed E-state index contributed by atoms with van der Waals surface area (Å²) in [5, 5.41) is 3.88. The molecule has 0 radical (unpaired) electrons. The minimum atomic E-state index is -0.278. The maximum atomic E-state index is 11.8. The Bertz CT molecular complexity index is 1010. The third-order valence-corrected chi connectivity index (χ3v) is 5.63. The summed E-state index contributed by atoms with van der Waals surface area (Å²) in [6, 6.07) is 19.2. The molecular formula is C25H30N2O5S2. The van der Waals surface area contributed by atoms with Gasteiger partial charge in [0.05, 0.1) is 12.2 Å². The lowest BCUT2D eigenvalue weighted by Gasteiger charge is -2.01. The van der Waals surface area contributed by atoms with E-state index in [1.165, 1.54) is 19.1 Å². The SMILES string of the molecule is CCOC(=O)c1cc(-c2ccccc2)sc1NC.COCC=O.CSNc1cccc(C=O)c1. The molecule has 0 spiro atoms. The molecule has 0 unspecified atom stereocenters. The van der Waals surface area contributed by atoms with Gasteiger partial charge in [-0.05, 0) is 30.7 Å². The lowest BCUT2D eigenvalue weighted by Crippen LogP contribution is -2.05. The van der Waals surface area contributed by atoms with E-state index in [1.807, 2.05) is 67.9 Å². The third kappa shape index (κ3) is 10.2. The fraction of sp³-hybridized carbons (Fsp3) is 0.240. The van der Waals surface area contributed by atoms with Crippen LogP contribution in [0.5, 0.6) is 0 Å². The Morgan fingerprint density at radius 2 is 1.82 bits per heavy atom. The first-order valence-corrected chi connectivity index (χ1v) is 12.4. The van der Waals surface area contributed by atoms with E-state index in [-0.39, 0.29) is 12.6 Å². The van der Waals surface area contributed by atoms with Crippen molar-refractivity contribution in [3.05, 3.63) is 71.8 Å². The van der Waals surface area contributed by atoms with Gasteiger partial charge in [-0.1, -0.05) is 54.4 Å². The molecule has 7 nitrogen and oxygen atoms in total. The van der Waals surface area contributed by atoms with E-state index in [2.05, 4.69) is 14.8 Å². The molecule has 0 aliphatic rings. The zero-order valence-corrected chi connectivity index (χ0v) is 21.3. The number of carbonyl (C=O) groups is 3. The number of hydrogen-bond acceptors (Lipinski definition) is 9. The van der Waals surface area contributed by atoms with Gasteiger partial charge in [0.2, 0.25) is 0 Å². The van der Waals surface area contributed by atoms with Crippen molar-refractivity contribution in [1.82, 2.24) is 0 Å². The molecule has 3 aromatic rings. The Morgan fingerprint density at radius 3 is 2.35 bits per heavy atom. The van der Waals surface area contributed by atoms with Gasteiger partial charge in [-0.3, -0.25) is 4.79 Å². The standard InChI is InChI=1S/C14H15NO2S.C8H9NOS.C3H6O2/c1-3-17-14(16)11-9-12(18-13(11)15-2)10-7-5-4-6-8-10;1-11-9-8-4-2-3-7(5-8)6-10;1-5-3-2-4/h4-9,15H,3H2,1-2H3;2-6,9H,1H3;2H,3H2,1H3. The largest absolute Gasteiger partial charge is 0.462 e. The lowest BCUT2D eigenvalue weighted by molar-refractivity contribution is -0.110. The predicted molar refractivity (Wildman–Crippen MR) is 142 cm³/mol. The van der Waals surface area contributed by atoms with E-state index in [9.17, 15) is 14.4 Å². The van der Waals surface area contributed by atoms with Crippen LogP contribution in [0.2, 0.25) is 0 Å². The van der Waals surface area contributed by atoms with Gasteiger partial charge in [0.25, 0.3) is 0 Å². The fourth-order valence-electron chi connectivity index (χ4n) is 2.54. The van der Waals surface area contributed by atoms with E-state index in [0.717, 1.165) is 27.4 Å². The second-order valence-electron chi connectivity index (χ2n) is 6.36. The van der Waals surface area contributed by atoms with Gasteiger partial charge in [0.15, 0.2) is 0 Å². The number of thiophene rings is 1. The van der Waals surface area contributed by atoms with Gasteiger partial charge >= 0.3 is 5.97 Å². The van der Waals surface area contributed by atoms with Gasteiger partial charge in [-0.15, -0.1) is 11.3 Å². The average molecular weight is 503 g/mol. The molecule has 1 heterocycles. The molecule has 2 N–H and O–H groups in total. The highest BCUT2D eigenvalue weighted by molar-refractivity contribution is 7.99. The van der Waals surface area contributed by atoms with E-state index in [1.54, 1.807) is 24.3 Å². The fourth-order valence-corrected chi connectivity index (χ4v) is 3.91. The first-order chi connectivity index (χ1) is 16.5. The molecule has 0 saturated heterocycles. The Morgan fingerprint density at radius 1 is 1.09 bits per heavy atom. The molecule has 182 valence electrons. The monoisotopic (exact) mass is 502 g/mol. The van der Waals surface area contributed by atoms with E-state index < -0.39 is 0 Å². The predicted octanol–water partition coefficient (Wildman–Crippen LogP) is 5.65. The minimum absolute atomic E-state index is 0.208. The van der Waals surface area contributed by atoms with Crippen molar-refractivity contribution >= 4 is 52.5 Å². The van der Waals surface area contributed by atoms with Crippen LogP contribution in [0.15, 0.2) is 60.7 Å². The van der Waals surface area contributed by atoms with Crippen LogP contribution >= 0.6 is 23.3 Å². The van der Waals surface area contributed by atoms with Crippen LogP contribution < -0.4 is 10.0 Å². The number of carbonyl (C=O) groups excluding carboxylic acids is 3. The number of hydrogen-bond donors (Lipinski definition) is 2. The van der Waals surface area contributed by atoms with Crippen molar-refractivity contribution in [2.45, 2.75) is 6.92 Å². The van der Waals surface area contributed by atoms with Crippen molar-refractivity contribution in [2.24, 2.45) is 0 Å². The summed E-state index contributed by atoms with van der Waals surface area (Å²) in [6.07, 6.45) is 3.49. The van der Waals surface area contributed by atoms with Gasteiger partial charge in [0, 0.05) is 36.5 Å². The second-order valence-corrected chi connectivity index (χ2v) is 8.03. The van der Waals surface area contributed by atoms with E-state index in [4.69, 9.17) is 4.74 Å². The van der Waals surface area contributed by atoms with Crippen LogP contribution in [-0.2, 0) is 14.3 Å².